The SMILES string of the molecule is BC1CC(=O)NC(=O)[C@@]1(B)N1Cc2cc(CNC(=O)C(F)(F)c3ccc(Cl)cc3)ccc2C1=O. The van der Waals surface area contributed by atoms with Gasteiger partial charge in [0, 0.05) is 35.7 Å². The van der Waals surface area contributed by atoms with Crippen LogP contribution in [-0.4, -0.2) is 49.7 Å². The minimum Gasteiger partial charge on any atom is -0.346 e. The Labute approximate surface area is 201 Å². The molecule has 4 rings (SSSR count). The van der Waals surface area contributed by atoms with Gasteiger partial charge in [0.15, 0.2) is 0 Å². The largest absolute Gasteiger partial charge is 0.349 e. The van der Waals surface area contributed by atoms with Gasteiger partial charge in [-0.15, -0.1) is 0 Å². The van der Waals surface area contributed by atoms with Gasteiger partial charge in [0.2, 0.25) is 11.8 Å². The van der Waals surface area contributed by atoms with Crippen molar-refractivity contribution in [2.45, 2.75) is 36.7 Å². The van der Waals surface area contributed by atoms with Gasteiger partial charge in [-0.3, -0.25) is 24.5 Å². The summed E-state index contributed by atoms with van der Waals surface area (Å²) < 4.78 is 29.0. The zero-order valence-electron chi connectivity index (χ0n) is 18.5. The molecule has 0 radical (unpaired) electrons. The Balaban J connectivity index is 1.48. The third kappa shape index (κ3) is 3.98. The van der Waals surface area contributed by atoms with Gasteiger partial charge >= 0.3 is 5.92 Å². The fourth-order valence-corrected chi connectivity index (χ4v) is 4.46. The van der Waals surface area contributed by atoms with E-state index in [2.05, 4.69) is 10.6 Å². The maximum Gasteiger partial charge on any atom is 0.349 e. The Morgan fingerprint density at radius 2 is 1.88 bits per heavy atom. The van der Waals surface area contributed by atoms with Crippen LogP contribution in [0.4, 0.5) is 8.78 Å². The van der Waals surface area contributed by atoms with Crippen LogP contribution in [0.5, 0.6) is 0 Å². The predicted octanol–water partition coefficient (Wildman–Crippen LogP) is 0.502. The Morgan fingerprint density at radius 1 is 1.21 bits per heavy atom. The van der Waals surface area contributed by atoms with Crippen LogP contribution in [0.1, 0.15) is 33.5 Å². The van der Waals surface area contributed by atoms with Crippen molar-refractivity contribution in [1.29, 1.82) is 0 Å². The van der Waals surface area contributed by atoms with Crippen molar-refractivity contribution in [2.75, 3.05) is 0 Å². The quantitative estimate of drug-likeness (QED) is 0.477. The monoisotopic (exact) mass is 485 g/mol. The van der Waals surface area contributed by atoms with Gasteiger partial charge in [0.1, 0.15) is 15.7 Å². The second kappa shape index (κ2) is 8.54. The maximum atomic E-state index is 14.5. The molecule has 4 amide bonds. The van der Waals surface area contributed by atoms with Crippen LogP contribution in [0.3, 0.4) is 0 Å². The molecule has 7 nitrogen and oxygen atoms in total. The molecule has 2 aromatic carbocycles. The highest BCUT2D eigenvalue weighted by Gasteiger charge is 2.52. The number of fused-ring (bicyclic) bond motifs is 1. The first kappa shape index (κ1) is 23.9. The Kier molecular flexibility index (Phi) is 6.01. The number of hydrogen-bond donors (Lipinski definition) is 2. The molecule has 2 N–H and O–H groups in total. The average Bonchev–Trinajstić information content (AvgIpc) is 3.12. The highest BCUT2D eigenvalue weighted by atomic mass is 35.5. The summed E-state index contributed by atoms with van der Waals surface area (Å²) in [5, 5.41) is 4.82. The first-order valence-electron chi connectivity index (χ1n) is 10.6. The van der Waals surface area contributed by atoms with Crippen molar-refractivity contribution in [3.63, 3.8) is 0 Å². The second-order valence-corrected chi connectivity index (χ2v) is 9.21. The molecule has 2 atom stereocenters. The fourth-order valence-electron chi connectivity index (χ4n) is 4.34. The van der Waals surface area contributed by atoms with Crippen molar-refractivity contribution in [1.82, 2.24) is 15.5 Å². The second-order valence-electron chi connectivity index (χ2n) is 8.78. The van der Waals surface area contributed by atoms with Crippen LogP contribution in [0, 0.1) is 0 Å². The molecule has 0 spiro atoms. The molecule has 1 fully saturated rings. The van der Waals surface area contributed by atoms with E-state index in [0.29, 0.717) is 16.7 Å². The molecule has 1 saturated heterocycles. The minimum absolute atomic E-state index is 0.113. The molecule has 0 aromatic heterocycles. The summed E-state index contributed by atoms with van der Waals surface area (Å²) in [4.78, 5) is 51.0. The molecule has 12 heteroatoms. The normalized spacial score (nSPS) is 22.4. The number of amides is 4. The molecule has 2 aliphatic heterocycles. The maximum absolute atomic E-state index is 14.5. The standard InChI is InChI=1S/C22H20B2ClF2N3O4/c23-16-8-17(31)29-19(33)21(16,24)30-10-12-7-11(1-6-15(12)18(30)32)9-28-20(34)22(26,27)13-2-4-14(25)5-3-13/h1-7,16H,8-10,23-24H2,(H,28,34)(H,29,31,33)/t16?,21-/m0/s1. The zero-order valence-corrected chi connectivity index (χ0v) is 19.2. The van der Waals surface area contributed by atoms with Crippen LogP contribution < -0.4 is 10.6 Å². The van der Waals surface area contributed by atoms with E-state index in [-0.39, 0.29) is 42.2 Å². The number of imide groups is 1. The van der Waals surface area contributed by atoms with E-state index in [9.17, 15) is 28.0 Å². The van der Waals surface area contributed by atoms with E-state index in [4.69, 9.17) is 11.6 Å². The number of hydrogen-bond acceptors (Lipinski definition) is 4. The fraction of sp³-hybridized carbons (Fsp3) is 0.273. The summed E-state index contributed by atoms with van der Waals surface area (Å²) in [5.41, 5.74) is -0.163. The average molecular weight is 485 g/mol. The van der Waals surface area contributed by atoms with Crippen LogP contribution in [-0.2, 0) is 33.4 Å². The number of piperidine rings is 1. The van der Waals surface area contributed by atoms with Crippen LogP contribution in [0.25, 0.3) is 0 Å². The number of alkyl halides is 2. The Bertz CT molecular complexity index is 1210. The number of nitrogens with one attached hydrogen (secondary N) is 2. The van der Waals surface area contributed by atoms with Gasteiger partial charge in [0.25, 0.3) is 11.8 Å². The lowest BCUT2D eigenvalue weighted by atomic mass is 9.56. The Morgan fingerprint density at radius 3 is 2.53 bits per heavy atom. The van der Waals surface area contributed by atoms with Crippen molar-refractivity contribution >= 4 is 50.9 Å². The molecule has 0 bridgehead atoms. The third-order valence-electron chi connectivity index (χ3n) is 6.64. The molecule has 1 unspecified atom stereocenters. The zero-order chi connectivity index (χ0) is 24.8. The number of benzene rings is 2. The summed E-state index contributed by atoms with van der Waals surface area (Å²) in [6, 6.07) is 9.51. The molecule has 2 aliphatic rings. The lowest BCUT2D eigenvalue weighted by Crippen LogP contribution is -2.66. The van der Waals surface area contributed by atoms with Crippen molar-refractivity contribution in [2.24, 2.45) is 0 Å². The first-order valence-corrected chi connectivity index (χ1v) is 11.0. The van der Waals surface area contributed by atoms with Crippen LogP contribution in [0.15, 0.2) is 42.5 Å². The van der Waals surface area contributed by atoms with Gasteiger partial charge in [0.05, 0.1) is 5.44 Å². The topological polar surface area (TPSA) is 95.6 Å². The smallest absolute Gasteiger partial charge is 0.346 e. The number of carbonyl (C=O) groups excluding carboxylic acids is 4. The minimum atomic E-state index is -3.75. The summed E-state index contributed by atoms with van der Waals surface area (Å²) in [7, 11) is 3.37. The molecule has 0 saturated carbocycles. The lowest BCUT2D eigenvalue weighted by Gasteiger charge is -2.44. The van der Waals surface area contributed by atoms with E-state index in [1.807, 2.05) is 0 Å². The molecular weight excluding hydrogens is 465 g/mol. The lowest BCUT2D eigenvalue weighted by molar-refractivity contribution is -0.147. The number of carbonyl (C=O) groups is 4. The van der Waals surface area contributed by atoms with Gasteiger partial charge in [-0.2, -0.15) is 8.78 Å². The summed E-state index contributed by atoms with van der Waals surface area (Å²) in [5.74, 6) is -6.86. The first-order chi connectivity index (χ1) is 15.9. The molecule has 2 heterocycles. The van der Waals surface area contributed by atoms with Gasteiger partial charge < -0.3 is 10.2 Å². The molecular formula is C22H20B2ClF2N3O4. The van der Waals surface area contributed by atoms with Gasteiger partial charge in [-0.05, 0) is 35.1 Å². The number of nitrogens with zero attached hydrogens (tertiary/aromatic N) is 1. The predicted molar refractivity (Wildman–Crippen MR) is 125 cm³/mol. The van der Waals surface area contributed by atoms with E-state index >= 15 is 0 Å². The molecule has 174 valence electrons. The third-order valence-corrected chi connectivity index (χ3v) is 6.90. The number of rotatable bonds is 5. The number of halogens is 3. The van der Waals surface area contributed by atoms with E-state index in [1.54, 1.807) is 33.9 Å². The Hall–Kier alpha value is -3.20. The summed E-state index contributed by atoms with van der Waals surface area (Å²) in [6.45, 7) is -0.0501. The molecule has 0 aliphatic carbocycles. The van der Waals surface area contributed by atoms with Gasteiger partial charge in [-0.1, -0.05) is 35.9 Å². The van der Waals surface area contributed by atoms with E-state index in [1.165, 1.54) is 17.0 Å². The van der Waals surface area contributed by atoms with E-state index < -0.39 is 28.7 Å². The van der Waals surface area contributed by atoms with Gasteiger partial charge in [-0.25, -0.2) is 0 Å². The summed E-state index contributed by atoms with van der Waals surface area (Å²) >= 11 is 5.72. The van der Waals surface area contributed by atoms with Crippen LogP contribution >= 0.6 is 11.6 Å². The van der Waals surface area contributed by atoms with Crippen LogP contribution in [0.2, 0.25) is 10.8 Å². The van der Waals surface area contributed by atoms with Crippen molar-refractivity contribution in [3.8, 4) is 0 Å². The molecule has 34 heavy (non-hydrogen) atoms. The van der Waals surface area contributed by atoms with E-state index in [0.717, 1.165) is 12.1 Å². The highest BCUT2D eigenvalue weighted by Crippen LogP contribution is 2.37. The highest BCUT2D eigenvalue weighted by molar-refractivity contribution is 6.38. The van der Waals surface area contributed by atoms with Crippen molar-refractivity contribution in [3.05, 3.63) is 69.7 Å². The van der Waals surface area contributed by atoms with Crippen molar-refractivity contribution < 1.29 is 28.0 Å². The molecule has 2 aromatic rings. The summed E-state index contributed by atoms with van der Waals surface area (Å²) in [6.07, 6.45) is 0.113.